The Balaban J connectivity index is 1.60. The van der Waals surface area contributed by atoms with Crippen molar-refractivity contribution >= 4 is 57.1 Å². The maximum atomic E-state index is 13.5. The monoisotopic (exact) mass is 452 g/mol. The predicted octanol–water partition coefficient (Wildman–Crippen LogP) is 4.94. The minimum absolute atomic E-state index is 0.0711. The van der Waals surface area contributed by atoms with Crippen LogP contribution in [-0.4, -0.2) is 21.5 Å². The van der Waals surface area contributed by atoms with Crippen LogP contribution >= 0.6 is 11.8 Å². The number of aliphatic imine (C=N–C) groups is 1. The van der Waals surface area contributed by atoms with Gasteiger partial charge in [0, 0.05) is 22.7 Å². The predicted molar refractivity (Wildman–Crippen MR) is 134 cm³/mol. The first-order valence-electron chi connectivity index (χ1n) is 10.4. The number of hydrogen-bond donors (Lipinski definition) is 1. The Hall–Kier alpha value is -4.10. The van der Waals surface area contributed by atoms with E-state index in [0.29, 0.717) is 10.1 Å². The summed E-state index contributed by atoms with van der Waals surface area (Å²) in [6.45, 7) is 0.0711. The zero-order chi connectivity index (χ0) is 22.8. The van der Waals surface area contributed by atoms with Crippen molar-refractivity contribution in [2.75, 3.05) is 4.90 Å². The molecule has 162 valence electrons. The molecule has 0 bridgehead atoms. The van der Waals surface area contributed by atoms with Crippen LogP contribution < -0.4 is 10.6 Å². The number of thioether (sulfide) groups is 1. The number of carbonyl (C=O) groups is 2. The number of rotatable bonds is 5. The maximum absolute atomic E-state index is 13.5. The van der Waals surface area contributed by atoms with Gasteiger partial charge in [0.1, 0.15) is 6.54 Å². The molecule has 1 fully saturated rings. The Morgan fingerprint density at radius 2 is 1.61 bits per heavy atom. The molecule has 4 aromatic rings. The molecule has 7 heteroatoms. The Morgan fingerprint density at radius 1 is 0.939 bits per heavy atom. The molecular formula is C26H20N4O2S. The quantitative estimate of drug-likeness (QED) is 0.436. The number of para-hydroxylation sites is 3. The zero-order valence-electron chi connectivity index (χ0n) is 17.6. The van der Waals surface area contributed by atoms with Crippen LogP contribution in [-0.2, 0) is 16.1 Å². The van der Waals surface area contributed by atoms with Crippen LogP contribution in [0.25, 0.3) is 17.0 Å². The van der Waals surface area contributed by atoms with Crippen LogP contribution in [0.15, 0.2) is 101 Å². The van der Waals surface area contributed by atoms with E-state index >= 15 is 0 Å². The van der Waals surface area contributed by atoms with Crippen molar-refractivity contribution < 1.29 is 9.59 Å². The van der Waals surface area contributed by atoms with E-state index in [1.54, 1.807) is 4.90 Å². The minimum atomic E-state index is -0.422. The molecular weight excluding hydrogens is 432 g/mol. The first-order chi connectivity index (χ1) is 16.1. The molecule has 3 aromatic carbocycles. The van der Waals surface area contributed by atoms with Gasteiger partial charge >= 0.3 is 0 Å². The molecule has 1 aliphatic heterocycles. The molecule has 0 unspecified atom stereocenters. The van der Waals surface area contributed by atoms with Gasteiger partial charge in [0.25, 0.3) is 5.91 Å². The van der Waals surface area contributed by atoms with E-state index in [-0.39, 0.29) is 12.5 Å². The number of anilines is 1. The molecule has 6 nitrogen and oxygen atoms in total. The molecule has 1 saturated heterocycles. The number of amidine groups is 1. The maximum Gasteiger partial charge on any atom is 0.271 e. The number of primary amides is 1. The number of nitrogens with zero attached hydrogens (tertiary/aromatic N) is 3. The van der Waals surface area contributed by atoms with Crippen LogP contribution in [0.3, 0.4) is 0 Å². The Labute approximate surface area is 195 Å². The highest BCUT2D eigenvalue weighted by Crippen LogP contribution is 2.38. The number of carbonyl (C=O) groups excluding carboxylic acids is 2. The summed E-state index contributed by atoms with van der Waals surface area (Å²) in [6, 6.07) is 26.8. The SMILES string of the molecule is NC(=O)Cn1cc(C=C2SC(=Nc3ccccc3)N(c3ccccc3)C2=O)c2ccccc21. The van der Waals surface area contributed by atoms with E-state index < -0.39 is 5.91 Å². The number of nitrogens with two attached hydrogens (primary N) is 1. The van der Waals surface area contributed by atoms with Crippen molar-refractivity contribution in [3.63, 3.8) is 0 Å². The van der Waals surface area contributed by atoms with E-state index in [1.165, 1.54) is 11.8 Å². The van der Waals surface area contributed by atoms with Crippen molar-refractivity contribution in [1.29, 1.82) is 0 Å². The fourth-order valence-electron chi connectivity index (χ4n) is 3.80. The van der Waals surface area contributed by atoms with Crippen LogP contribution in [0.1, 0.15) is 5.56 Å². The van der Waals surface area contributed by atoms with Crippen LogP contribution in [0, 0.1) is 0 Å². The lowest BCUT2D eigenvalue weighted by Gasteiger charge is -2.15. The summed E-state index contributed by atoms with van der Waals surface area (Å²) in [7, 11) is 0. The lowest BCUT2D eigenvalue weighted by molar-refractivity contribution is -0.118. The average Bonchev–Trinajstić information content (AvgIpc) is 3.32. The first-order valence-corrected chi connectivity index (χ1v) is 11.2. The molecule has 0 saturated carbocycles. The van der Waals surface area contributed by atoms with Crippen LogP contribution in [0.2, 0.25) is 0 Å². The van der Waals surface area contributed by atoms with Crippen LogP contribution in [0.4, 0.5) is 11.4 Å². The van der Waals surface area contributed by atoms with Gasteiger partial charge in [-0.15, -0.1) is 0 Å². The summed E-state index contributed by atoms with van der Waals surface area (Å²) in [5.74, 6) is -0.568. The summed E-state index contributed by atoms with van der Waals surface area (Å²) in [6.07, 6.45) is 3.71. The van der Waals surface area contributed by atoms with Crippen LogP contribution in [0.5, 0.6) is 0 Å². The second kappa shape index (κ2) is 8.80. The summed E-state index contributed by atoms with van der Waals surface area (Å²) in [5, 5.41) is 1.53. The molecule has 0 spiro atoms. The highest BCUT2D eigenvalue weighted by molar-refractivity contribution is 8.19. The van der Waals surface area contributed by atoms with Crippen molar-refractivity contribution in [1.82, 2.24) is 4.57 Å². The molecule has 2 heterocycles. The number of hydrogen-bond acceptors (Lipinski definition) is 4. The van der Waals surface area contributed by atoms with Crippen molar-refractivity contribution in [2.45, 2.75) is 6.54 Å². The number of fused-ring (bicyclic) bond motifs is 1. The number of aromatic nitrogens is 1. The number of amides is 2. The van der Waals surface area contributed by atoms with Crippen molar-refractivity contribution in [3.05, 3.63) is 102 Å². The Bertz CT molecular complexity index is 1410. The van der Waals surface area contributed by atoms with Gasteiger partial charge in [-0.25, -0.2) is 4.99 Å². The first kappa shape index (κ1) is 20.8. The van der Waals surface area contributed by atoms with E-state index in [2.05, 4.69) is 0 Å². The normalized spacial score (nSPS) is 16.2. The van der Waals surface area contributed by atoms with Gasteiger partial charge in [0.15, 0.2) is 5.17 Å². The van der Waals surface area contributed by atoms with E-state index in [0.717, 1.165) is 27.8 Å². The summed E-state index contributed by atoms with van der Waals surface area (Å²) >= 11 is 1.33. The topological polar surface area (TPSA) is 80.7 Å². The largest absolute Gasteiger partial charge is 0.368 e. The third-order valence-electron chi connectivity index (χ3n) is 5.23. The lowest BCUT2D eigenvalue weighted by atomic mass is 10.1. The van der Waals surface area contributed by atoms with Gasteiger partial charge in [-0.05, 0) is 48.2 Å². The fourth-order valence-corrected chi connectivity index (χ4v) is 4.79. The highest BCUT2D eigenvalue weighted by Gasteiger charge is 2.35. The second-order valence-corrected chi connectivity index (χ2v) is 8.52. The van der Waals surface area contributed by atoms with Gasteiger partial charge < -0.3 is 10.3 Å². The fraction of sp³-hybridized carbons (Fsp3) is 0.0385. The molecule has 2 N–H and O–H groups in total. The molecule has 1 aliphatic rings. The van der Waals surface area contributed by atoms with Crippen molar-refractivity contribution in [3.8, 4) is 0 Å². The van der Waals surface area contributed by atoms with Gasteiger partial charge in [0.2, 0.25) is 5.91 Å². The molecule has 0 atom stereocenters. The van der Waals surface area contributed by atoms with E-state index in [4.69, 9.17) is 10.7 Å². The summed E-state index contributed by atoms with van der Waals surface area (Å²) in [4.78, 5) is 32.0. The van der Waals surface area contributed by atoms with Gasteiger partial charge in [0.05, 0.1) is 16.3 Å². The summed E-state index contributed by atoms with van der Waals surface area (Å²) < 4.78 is 1.81. The van der Waals surface area contributed by atoms with Gasteiger partial charge in [-0.3, -0.25) is 14.5 Å². The molecule has 0 aliphatic carbocycles. The molecule has 2 amide bonds. The smallest absolute Gasteiger partial charge is 0.271 e. The van der Waals surface area contributed by atoms with Crippen molar-refractivity contribution in [2.24, 2.45) is 10.7 Å². The van der Waals surface area contributed by atoms with Gasteiger partial charge in [-0.2, -0.15) is 0 Å². The molecule has 33 heavy (non-hydrogen) atoms. The second-order valence-electron chi connectivity index (χ2n) is 7.51. The molecule has 0 radical (unpaired) electrons. The minimum Gasteiger partial charge on any atom is -0.368 e. The molecule has 1 aromatic heterocycles. The average molecular weight is 453 g/mol. The Morgan fingerprint density at radius 3 is 2.33 bits per heavy atom. The van der Waals surface area contributed by atoms with E-state index in [1.807, 2.05) is 102 Å². The number of benzene rings is 3. The zero-order valence-corrected chi connectivity index (χ0v) is 18.4. The lowest BCUT2D eigenvalue weighted by Crippen LogP contribution is -2.28. The standard InChI is InChI=1S/C26H20N4O2S/c27-24(31)17-29-16-18(21-13-7-8-14-22(21)29)15-23-25(32)30(20-11-5-2-6-12-20)26(33-23)28-19-9-3-1-4-10-19/h1-16H,17H2,(H2,27,31). The Kier molecular flexibility index (Phi) is 5.54. The molecule has 5 rings (SSSR count). The summed E-state index contributed by atoms with van der Waals surface area (Å²) in [5.41, 5.74) is 8.68. The third-order valence-corrected chi connectivity index (χ3v) is 6.20. The highest BCUT2D eigenvalue weighted by atomic mass is 32.2. The van der Waals surface area contributed by atoms with Gasteiger partial charge in [-0.1, -0.05) is 54.6 Å². The third kappa shape index (κ3) is 4.18. The van der Waals surface area contributed by atoms with E-state index in [9.17, 15) is 9.59 Å².